The number of hydrogen-bond acceptors (Lipinski definition) is 3. The Morgan fingerprint density at radius 1 is 1.33 bits per heavy atom. The highest BCUT2D eigenvalue weighted by molar-refractivity contribution is 4.78. The van der Waals surface area contributed by atoms with Crippen LogP contribution in [0.15, 0.2) is 0 Å². The van der Waals surface area contributed by atoms with Gasteiger partial charge in [-0.15, -0.1) is 0 Å². The Kier molecular flexibility index (Phi) is 8.64. The van der Waals surface area contributed by atoms with Crippen molar-refractivity contribution >= 4 is 0 Å². The number of likely N-dealkylation sites (tertiary alicyclic amines) is 1. The van der Waals surface area contributed by atoms with Crippen molar-refractivity contribution in [3.05, 3.63) is 0 Å². The summed E-state index contributed by atoms with van der Waals surface area (Å²) in [6.07, 6.45) is 6.94. The number of rotatable bonds is 9. The molecule has 0 aromatic rings. The fourth-order valence-corrected chi connectivity index (χ4v) is 2.68. The minimum atomic E-state index is 0.464. The molecule has 18 heavy (non-hydrogen) atoms. The van der Waals surface area contributed by atoms with Crippen molar-refractivity contribution in [3.8, 4) is 0 Å². The van der Waals surface area contributed by atoms with E-state index in [2.05, 4.69) is 31.0 Å². The monoisotopic (exact) mass is 256 g/mol. The molecule has 1 N–H and O–H groups in total. The van der Waals surface area contributed by atoms with Crippen LogP contribution in [-0.2, 0) is 4.74 Å². The number of ether oxygens (including phenoxy) is 1. The average Bonchev–Trinajstić information content (AvgIpc) is 2.39. The molecule has 1 heterocycles. The summed E-state index contributed by atoms with van der Waals surface area (Å²) in [5.74, 6) is 0. The Morgan fingerprint density at radius 2 is 2.17 bits per heavy atom. The van der Waals surface area contributed by atoms with Crippen LogP contribution in [0.5, 0.6) is 0 Å². The third kappa shape index (κ3) is 6.17. The third-order valence-electron chi connectivity index (χ3n) is 3.83. The van der Waals surface area contributed by atoms with Gasteiger partial charge >= 0.3 is 0 Å². The van der Waals surface area contributed by atoms with Crippen LogP contribution in [0.3, 0.4) is 0 Å². The first-order chi connectivity index (χ1) is 8.77. The molecule has 0 aromatic heterocycles. The number of hydrogen-bond donors (Lipinski definition) is 1. The van der Waals surface area contributed by atoms with Crippen molar-refractivity contribution in [2.75, 3.05) is 32.8 Å². The number of nitrogens with zero attached hydrogens (tertiary/aromatic N) is 1. The van der Waals surface area contributed by atoms with Crippen LogP contribution in [0.1, 0.15) is 52.9 Å². The maximum absolute atomic E-state index is 5.76. The lowest BCUT2D eigenvalue weighted by atomic mass is 10.1. The summed E-state index contributed by atoms with van der Waals surface area (Å²) < 4.78 is 5.76. The van der Waals surface area contributed by atoms with E-state index in [9.17, 15) is 0 Å². The summed E-state index contributed by atoms with van der Waals surface area (Å²) in [7, 11) is 0. The zero-order chi connectivity index (χ0) is 13.2. The van der Waals surface area contributed by atoms with E-state index in [0.717, 1.165) is 19.7 Å². The van der Waals surface area contributed by atoms with E-state index in [-0.39, 0.29) is 0 Å². The Hall–Kier alpha value is -0.120. The lowest BCUT2D eigenvalue weighted by Gasteiger charge is -2.36. The van der Waals surface area contributed by atoms with E-state index in [1.165, 1.54) is 45.2 Å². The summed E-state index contributed by atoms with van der Waals surface area (Å²) in [5, 5.41) is 3.58. The maximum Gasteiger partial charge on any atom is 0.0702 e. The minimum absolute atomic E-state index is 0.464. The van der Waals surface area contributed by atoms with Gasteiger partial charge in [-0.25, -0.2) is 0 Å². The standard InChI is InChI=1S/C15H32N2O/c1-4-6-7-10-16-12-14(3)17-11-8-9-15(13-17)18-5-2/h14-16H,4-13H2,1-3H3. The molecule has 0 aromatic carbocycles. The molecule has 0 amide bonds. The Morgan fingerprint density at radius 3 is 2.89 bits per heavy atom. The van der Waals surface area contributed by atoms with Crippen LogP contribution in [0.4, 0.5) is 0 Å². The van der Waals surface area contributed by atoms with Gasteiger partial charge < -0.3 is 10.1 Å². The molecule has 0 saturated carbocycles. The second kappa shape index (κ2) is 9.76. The second-order valence-corrected chi connectivity index (χ2v) is 5.47. The van der Waals surface area contributed by atoms with Crippen LogP contribution in [0.25, 0.3) is 0 Å². The molecule has 1 saturated heterocycles. The zero-order valence-electron chi connectivity index (χ0n) is 12.6. The van der Waals surface area contributed by atoms with Crippen LogP contribution in [0, 0.1) is 0 Å². The molecular formula is C15H32N2O. The molecule has 3 nitrogen and oxygen atoms in total. The minimum Gasteiger partial charge on any atom is -0.377 e. The molecule has 0 aliphatic carbocycles. The smallest absolute Gasteiger partial charge is 0.0702 e. The van der Waals surface area contributed by atoms with Crippen LogP contribution in [-0.4, -0.2) is 49.8 Å². The predicted octanol–water partition coefficient (Wildman–Crippen LogP) is 2.66. The normalized spacial score (nSPS) is 23.2. The van der Waals surface area contributed by atoms with E-state index in [1.807, 2.05) is 0 Å². The predicted molar refractivity (Wildman–Crippen MR) is 78.1 cm³/mol. The first-order valence-corrected chi connectivity index (χ1v) is 7.84. The third-order valence-corrected chi connectivity index (χ3v) is 3.83. The van der Waals surface area contributed by atoms with E-state index >= 15 is 0 Å². The van der Waals surface area contributed by atoms with Crippen molar-refractivity contribution in [1.82, 2.24) is 10.2 Å². The van der Waals surface area contributed by atoms with Gasteiger partial charge in [0.05, 0.1) is 6.10 Å². The number of nitrogens with one attached hydrogen (secondary N) is 1. The molecule has 1 aliphatic heterocycles. The van der Waals surface area contributed by atoms with Crippen molar-refractivity contribution in [1.29, 1.82) is 0 Å². The fourth-order valence-electron chi connectivity index (χ4n) is 2.68. The van der Waals surface area contributed by atoms with Gasteiger partial charge in [0.25, 0.3) is 0 Å². The van der Waals surface area contributed by atoms with E-state index in [0.29, 0.717) is 12.1 Å². The highest BCUT2D eigenvalue weighted by Gasteiger charge is 2.23. The first-order valence-electron chi connectivity index (χ1n) is 7.84. The molecule has 1 aliphatic rings. The molecule has 3 heteroatoms. The summed E-state index contributed by atoms with van der Waals surface area (Å²) in [6, 6.07) is 0.634. The van der Waals surface area contributed by atoms with Gasteiger partial charge in [0.2, 0.25) is 0 Å². The van der Waals surface area contributed by atoms with Gasteiger partial charge in [-0.1, -0.05) is 19.8 Å². The largest absolute Gasteiger partial charge is 0.377 e. The quantitative estimate of drug-likeness (QED) is 0.642. The SMILES string of the molecule is CCCCCNCC(C)N1CCCC(OCC)C1. The molecule has 1 rings (SSSR count). The van der Waals surface area contributed by atoms with Crippen molar-refractivity contribution in [2.45, 2.75) is 65.0 Å². The fraction of sp³-hybridized carbons (Fsp3) is 1.00. The molecule has 1 fully saturated rings. The summed E-state index contributed by atoms with van der Waals surface area (Å²) in [5.41, 5.74) is 0. The van der Waals surface area contributed by atoms with Gasteiger partial charge in [0.15, 0.2) is 0 Å². The van der Waals surface area contributed by atoms with Crippen LogP contribution >= 0.6 is 0 Å². The van der Waals surface area contributed by atoms with E-state index < -0.39 is 0 Å². The molecule has 2 unspecified atom stereocenters. The van der Waals surface area contributed by atoms with Crippen LogP contribution < -0.4 is 5.32 Å². The van der Waals surface area contributed by atoms with Crippen molar-refractivity contribution in [2.24, 2.45) is 0 Å². The van der Waals surface area contributed by atoms with Crippen molar-refractivity contribution in [3.63, 3.8) is 0 Å². The first kappa shape index (κ1) is 15.9. The Bertz CT molecular complexity index is 197. The van der Waals surface area contributed by atoms with E-state index in [1.54, 1.807) is 0 Å². The van der Waals surface area contributed by atoms with Crippen molar-refractivity contribution < 1.29 is 4.74 Å². The van der Waals surface area contributed by atoms with Gasteiger partial charge in [-0.2, -0.15) is 0 Å². The lowest BCUT2D eigenvalue weighted by Crippen LogP contribution is -2.48. The number of unbranched alkanes of at least 4 members (excludes halogenated alkanes) is 2. The van der Waals surface area contributed by atoms with Gasteiger partial charge in [0.1, 0.15) is 0 Å². The number of piperidine rings is 1. The summed E-state index contributed by atoms with van der Waals surface area (Å²) in [4.78, 5) is 2.58. The maximum atomic E-state index is 5.76. The summed E-state index contributed by atoms with van der Waals surface area (Å²) in [6.45, 7) is 12.2. The molecule has 0 radical (unpaired) electrons. The molecule has 108 valence electrons. The molecular weight excluding hydrogens is 224 g/mol. The second-order valence-electron chi connectivity index (χ2n) is 5.47. The Labute approximate surface area is 113 Å². The Balaban J connectivity index is 2.13. The molecule has 0 bridgehead atoms. The van der Waals surface area contributed by atoms with Gasteiger partial charge in [0, 0.05) is 25.7 Å². The molecule has 0 spiro atoms. The van der Waals surface area contributed by atoms with Gasteiger partial charge in [-0.05, 0) is 46.2 Å². The topological polar surface area (TPSA) is 24.5 Å². The van der Waals surface area contributed by atoms with E-state index in [4.69, 9.17) is 4.74 Å². The van der Waals surface area contributed by atoms with Crippen LogP contribution in [0.2, 0.25) is 0 Å². The molecule has 2 atom stereocenters. The summed E-state index contributed by atoms with van der Waals surface area (Å²) >= 11 is 0. The lowest BCUT2D eigenvalue weighted by molar-refractivity contribution is -0.00484. The highest BCUT2D eigenvalue weighted by atomic mass is 16.5. The van der Waals surface area contributed by atoms with Gasteiger partial charge in [-0.3, -0.25) is 4.90 Å². The average molecular weight is 256 g/mol. The highest BCUT2D eigenvalue weighted by Crippen LogP contribution is 2.15. The zero-order valence-corrected chi connectivity index (χ0v) is 12.6.